The van der Waals surface area contributed by atoms with Gasteiger partial charge in [-0.1, -0.05) is 18.2 Å². The van der Waals surface area contributed by atoms with Crippen LogP contribution in [0.25, 0.3) is 11.3 Å². The second kappa shape index (κ2) is 9.73. The van der Waals surface area contributed by atoms with E-state index in [-0.39, 0.29) is 29.8 Å². The number of aliphatic imine (C=N–C) groups is 1. The lowest BCUT2D eigenvalue weighted by molar-refractivity contribution is 0.0991. The molecule has 0 saturated carbocycles. The first kappa shape index (κ1) is 23.4. The van der Waals surface area contributed by atoms with E-state index in [1.54, 1.807) is 42.7 Å². The molecule has 0 saturated heterocycles. The number of anilines is 1. The Balaban J connectivity index is 1.47. The van der Waals surface area contributed by atoms with Crippen LogP contribution >= 0.6 is 0 Å². The summed E-state index contributed by atoms with van der Waals surface area (Å²) in [6, 6.07) is 13.2. The van der Waals surface area contributed by atoms with E-state index < -0.39 is 11.6 Å². The van der Waals surface area contributed by atoms with Gasteiger partial charge >= 0.3 is 0 Å². The molecule has 6 nitrogen and oxygen atoms in total. The van der Waals surface area contributed by atoms with Crippen LogP contribution in [0.1, 0.15) is 32.9 Å². The van der Waals surface area contributed by atoms with Gasteiger partial charge in [0, 0.05) is 68.1 Å². The highest BCUT2D eigenvalue weighted by atomic mass is 19.1. The van der Waals surface area contributed by atoms with Crippen LogP contribution in [-0.2, 0) is 19.3 Å². The number of halogens is 2. The van der Waals surface area contributed by atoms with Crippen molar-refractivity contribution in [3.8, 4) is 11.3 Å². The molecule has 3 heterocycles. The quantitative estimate of drug-likeness (QED) is 0.340. The summed E-state index contributed by atoms with van der Waals surface area (Å²) in [6.45, 7) is 0. The number of hydrogen-bond acceptors (Lipinski definition) is 6. The van der Waals surface area contributed by atoms with Gasteiger partial charge in [0.2, 0.25) is 0 Å². The second-order valence-electron chi connectivity index (χ2n) is 8.75. The Morgan fingerprint density at radius 2 is 1.89 bits per heavy atom. The van der Waals surface area contributed by atoms with Crippen LogP contribution in [0, 0.1) is 11.6 Å². The monoisotopic (exact) mass is 483 g/mol. The Morgan fingerprint density at radius 1 is 1.03 bits per heavy atom. The molecule has 0 aliphatic carbocycles. The maximum Gasteiger partial charge on any atom is 0.167 e. The fourth-order valence-corrected chi connectivity index (χ4v) is 4.26. The van der Waals surface area contributed by atoms with Crippen molar-refractivity contribution in [3.05, 3.63) is 101 Å². The lowest BCUT2D eigenvalue weighted by atomic mass is 9.96. The third-order valence-corrected chi connectivity index (χ3v) is 6.19. The van der Waals surface area contributed by atoms with E-state index in [1.807, 2.05) is 25.1 Å². The summed E-state index contributed by atoms with van der Waals surface area (Å²) in [4.78, 5) is 32.2. The molecule has 0 fully saturated rings. The van der Waals surface area contributed by atoms with Gasteiger partial charge in [-0.2, -0.15) is 0 Å². The van der Waals surface area contributed by atoms with Crippen molar-refractivity contribution in [2.24, 2.45) is 4.99 Å². The molecule has 5 rings (SSSR count). The van der Waals surface area contributed by atoms with Crippen molar-refractivity contribution < 1.29 is 13.6 Å². The number of rotatable bonds is 7. The molecule has 2 aromatic carbocycles. The molecule has 180 valence electrons. The number of Topliss-reactive ketones (excluding diaryl/α,β-unsaturated/α-hetero) is 1. The SMILES string of the molecule is CN(C)c1cccc(C(=O)Cc2ccc(F)c(Cc3ncccc3-c3ncnc4c3N=CC4)c2F)c1. The summed E-state index contributed by atoms with van der Waals surface area (Å²) in [5.74, 6) is -1.68. The van der Waals surface area contributed by atoms with Crippen LogP contribution in [0.4, 0.5) is 20.2 Å². The predicted molar refractivity (Wildman–Crippen MR) is 135 cm³/mol. The van der Waals surface area contributed by atoms with Gasteiger partial charge in [-0.3, -0.25) is 14.8 Å². The molecule has 0 N–H and O–H groups in total. The molecule has 2 aromatic heterocycles. The predicted octanol–water partition coefficient (Wildman–Crippen LogP) is 5.16. The fourth-order valence-electron chi connectivity index (χ4n) is 4.26. The number of ketones is 1. The Kier molecular flexibility index (Phi) is 6.33. The molecule has 0 bridgehead atoms. The molecule has 1 aliphatic heterocycles. The molecule has 0 radical (unpaired) electrons. The maximum atomic E-state index is 15.6. The third-order valence-electron chi connectivity index (χ3n) is 6.19. The summed E-state index contributed by atoms with van der Waals surface area (Å²) >= 11 is 0. The van der Waals surface area contributed by atoms with Gasteiger partial charge in [0.25, 0.3) is 0 Å². The van der Waals surface area contributed by atoms with E-state index in [4.69, 9.17) is 0 Å². The molecule has 1 aliphatic rings. The van der Waals surface area contributed by atoms with E-state index >= 15 is 4.39 Å². The Morgan fingerprint density at radius 3 is 2.72 bits per heavy atom. The Bertz CT molecular complexity index is 1500. The van der Waals surface area contributed by atoms with E-state index in [0.29, 0.717) is 34.6 Å². The van der Waals surface area contributed by atoms with Crippen LogP contribution in [0.2, 0.25) is 0 Å². The molecule has 0 unspecified atom stereocenters. The Labute approximate surface area is 207 Å². The number of nitrogens with zero attached hydrogens (tertiary/aromatic N) is 5. The average Bonchev–Trinajstić information content (AvgIpc) is 3.38. The molecule has 0 atom stereocenters. The van der Waals surface area contributed by atoms with Gasteiger partial charge in [-0.05, 0) is 35.9 Å². The molecule has 0 amide bonds. The average molecular weight is 484 g/mol. The zero-order valence-corrected chi connectivity index (χ0v) is 19.9. The maximum absolute atomic E-state index is 15.6. The topological polar surface area (TPSA) is 71.3 Å². The summed E-state index contributed by atoms with van der Waals surface area (Å²) in [7, 11) is 3.76. The first-order valence-electron chi connectivity index (χ1n) is 11.5. The van der Waals surface area contributed by atoms with E-state index in [9.17, 15) is 9.18 Å². The van der Waals surface area contributed by atoms with Crippen molar-refractivity contribution in [2.75, 3.05) is 19.0 Å². The van der Waals surface area contributed by atoms with Gasteiger partial charge in [-0.25, -0.2) is 18.7 Å². The highest BCUT2D eigenvalue weighted by molar-refractivity contribution is 5.98. The molecule has 8 heteroatoms. The van der Waals surface area contributed by atoms with Crippen molar-refractivity contribution >= 4 is 23.4 Å². The van der Waals surface area contributed by atoms with E-state index in [2.05, 4.69) is 19.9 Å². The van der Waals surface area contributed by atoms with Gasteiger partial charge in [0.05, 0.1) is 11.4 Å². The second-order valence-corrected chi connectivity index (χ2v) is 8.75. The summed E-state index contributed by atoms with van der Waals surface area (Å²) < 4.78 is 30.4. The number of fused-ring (bicyclic) bond motifs is 1. The van der Waals surface area contributed by atoms with Crippen molar-refractivity contribution in [3.63, 3.8) is 0 Å². The summed E-state index contributed by atoms with van der Waals surface area (Å²) in [6.07, 6.45) is 5.11. The highest BCUT2D eigenvalue weighted by Gasteiger charge is 2.22. The van der Waals surface area contributed by atoms with Crippen molar-refractivity contribution in [1.29, 1.82) is 0 Å². The zero-order valence-electron chi connectivity index (χ0n) is 19.9. The van der Waals surface area contributed by atoms with Crippen LogP contribution in [0.15, 0.2) is 66.0 Å². The molecule has 4 aromatic rings. The minimum atomic E-state index is -0.741. The minimum Gasteiger partial charge on any atom is -0.378 e. The van der Waals surface area contributed by atoms with Crippen LogP contribution in [0.5, 0.6) is 0 Å². The van der Waals surface area contributed by atoms with Gasteiger partial charge in [-0.15, -0.1) is 0 Å². The smallest absolute Gasteiger partial charge is 0.167 e. The lowest BCUT2D eigenvalue weighted by Crippen LogP contribution is -2.12. The highest BCUT2D eigenvalue weighted by Crippen LogP contribution is 2.35. The summed E-state index contributed by atoms with van der Waals surface area (Å²) in [5.41, 5.74) is 4.44. The number of benzene rings is 2. The van der Waals surface area contributed by atoms with Crippen molar-refractivity contribution in [1.82, 2.24) is 15.0 Å². The largest absolute Gasteiger partial charge is 0.378 e. The Hall–Kier alpha value is -4.33. The first-order valence-corrected chi connectivity index (χ1v) is 11.5. The van der Waals surface area contributed by atoms with Crippen LogP contribution in [-0.4, -0.2) is 41.0 Å². The number of aromatic nitrogens is 3. The third kappa shape index (κ3) is 4.49. The van der Waals surface area contributed by atoms with Gasteiger partial charge < -0.3 is 4.90 Å². The fraction of sp³-hybridized carbons (Fsp3) is 0.179. The molecular formula is C28H23F2N5O. The minimum absolute atomic E-state index is 0.103. The normalized spacial score (nSPS) is 12.0. The first-order chi connectivity index (χ1) is 17.4. The standard InChI is InChI=1S/C28H23F2N5O/c1-35(2)19-6-3-5-17(13-19)25(36)14-18-8-9-22(29)21(26(18)30)15-24-20(7-4-11-31-24)27-28-23(10-12-32-28)33-16-34-27/h3-9,11-13,16H,10,14-15H2,1-2H3. The number of pyridine rings is 1. The molecular weight excluding hydrogens is 460 g/mol. The number of carbonyl (C=O) groups excluding carboxylic acids is 1. The van der Waals surface area contributed by atoms with Crippen LogP contribution < -0.4 is 4.90 Å². The van der Waals surface area contributed by atoms with Gasteiger partial charge in [0.1, 0.15) is 29.3 Å². The number of carbonyl (C=O) groups is 1. The lowest BCUT2D eigenvalue weighted by Gasteiger charge is -2.14. The summed E-state index contributed by atoms with van der Waals surface area (Å²) in [5, 5.41) is 0. The number of hydrogen-bond donors (Lipinski definition) is 0. The molecule has 0 spiro atoms. The molecule has 36 heavy (non-hydrogen) atoms. The van der Waals surface area contributed by atoms with Gasteiger partial charge in [0.15, 0.2) is 5.78 Å². The van der Waals surface area contributed by atoms with Crippen LogP contribution in [0.3, 0.4) is 0 Å². The van der Waals surface area contributed by atoms with E-state index in [0.717, 1.165) is 11.4 Å². The van der Waals surface area contributed by atoms with E-state index in [1.165, 1.54) is 18.5 Å². The zero-order chi connectivity index (χ0) is 25.2. The van der Waals surface area contributed by atoms with Crippen molar-refractivity contribution in [2.45, 2.75) is 19.3 Å².